The number of hydrogen-bond donors (Lipinski definition) is 0. The molecular formula is C14H18N2. The Morgan fingerprint density at radius 3 is 2.62 bits per heavy atom. The van der Waals surface area contributed by atoms with Gasteiger partial charge in [0, 0.05) is 19.2 Å². The predicted molar refractivity (Wildman–Crippen MR) is 67.7 cm³/mol. The zero-order chi connectivity index (χ0) is 11.6. The molecule has 0 spiro atoms. The molecule has 1 aromatic carbocycles. The summed E-state index contributed by atoms with van der Waals surface area (Å²) in [4.78, 5) is 4.36. The molecule has 16 heavy (non-hydrogen) atoms. The molecule has 0 aliphatic carbocycles. The van der Waals surface area contributed by atoms with Crippen LogP contribution in [-0.4, -0.2) is 12.8 Å². The van der Waals surface area contributed by atoms with E-state index < -0.39 is 0 Å². The van der Waals surface area contributed by atoms with Crippen LogP contribution in [-0.2, 0) is 0 Å². The second-order valence-corrected chi connectivity index (χ2v) is 3.91. The summed E-state index contributed by atoms with van der Waals surface area (Å²) in [5.74, 6) is 0. The van der Waals surface area contributed by atoms with Crippen molar-refractivity contribution in [2.24, 2.45) is 4.99 Å². The van der Waals surface area contributed by atoms with Crippen LogP contribution in [0, 0.1) is 18.3 Å². The molecule has 0 fully saturated rings. The van der Waals surface area contributed by atoms with E-state index in [9.17, 15) is 0 Å². The van der Waals surface area contributed by atoms with Gasteiger partial charge < -0.3 is 0 Å². The molecule has 2 heteroatoms. The summed E-state index contributed by atoms with van der Waals surface area (Å²) in [6.07, 6.45) is 5.75. The fourth-order valence-electron chi connectivity index (χ4n) is 1.41. The minimum absolute atomic E-state index is 0.668. The summed E-state index contributed by atoms with van der Waals surface area (Å²) >= 11 is 0. The summed E-state index contributed by atoms with van der Waals surface area (Å²) in [6.45, 7) is 2.94. The van der Waals surface area contributed by atoms with Crippen LogP contribution in [0.1, 0.15) is 36.8 Å². The van der Waals surface area contributed by atoms with E-state index in [2.05, 4.69) is 42.3 Å². The van der Waals surface area contributed by atoms with Crippen LogP contribution >= 0.6 is 0 Å². The highest BCUT2D eigenvalue weighted by atomic mass is 14.7. The van der Waals surface area contributed by atoms with Gasteiger partial charge in [-0.3, -0.25) is 4.99 Å². The molecule has 0 atom stereocenters. The van der Waals surface area contributed by atoms with E-state index in [-0.39, 0.29) is 0 Å². The third-order valence-corrected chi connectivity index (χ3v) is 2.39. The first-order valence-corrected chi connectivity index (χ1v) is 5.76. The molecule has 1 rings (SSSR count). The lowest BCUT2D eigenvalue weighted by molar-refractivity contribution is 0.701. The Morgan fingerprint density at radius 2 is 1.94 bits per heavy atom. The van der Waals surface area contributed by atoms with Gasteiger partial charge in [-0.15, -0.1) is 0 Å². The Labute approximate surface area is 97.6 Å². The molecule has 0 radical (unpaired) electrons. The van der Waals surface area contributed by atoms with Crippen molar-refractivity contribution in [1.82, 2.24) is 0 Å². The lowest BCUT2D eigenvalue weighted by Gasteiger charge is -1.95. The molecule has 0 saturated carbocycles. The van der Waals surface area contributed by atoms with Crippen molar-refractivity contribution in [3.8, 4) is 6.07 Å². The fraction of sp³-hybridized carbons (Fsp3) is 0.429. The molecule has 0 saturated heterocycles. The average molecular weight is 214 g/mol. The third-order valence-electron chi connectivity index (χ3n) is 2.39. The van der Waals surface area contributed by atoms with E-state index in [1.165, 1.54) is 5.56 Å². The summed E-state index contributed by atoms with van der Waals surface area (Å²) < 4.78 is 0. The quantitative estimate of drug-likeness (QED) is 0.527. The fourth-order valence-corrected chi connectivity index (χ4v) is 1.41. The van der Waals surface area contributed by atoms with Gasteiger partial charge >= 0.3 is 0 Å². The lowest BCUT2D eigenvalue weighted by atomic mass is 10.2. The van der Waals surface area contributed by atoms with Gasteiger partial charge in [-0.25, -0.2) is 0 Å². The summed E-state index contributed by atoms with van der Waals surface area (Å²) in [5, 5.41) is 8.36. The molecule has 0 aromatic heterocycles. The molecule has 84 valence electrons. The molecule has 0 aliphatic heterocycles. The van der Waals surface area contributed by atoms with Crippen molar-refractivity contribution in [2.45, 2.75) is 32.6 Å². The monoisotopic (exact) mass is 214 g/mol. The maximum Gasteiger partial charge on any atom is 0.0621 e. The van der Waals surface area contributed by atoms with Crippen molar-refractivity contribution >= 4 is 6.21 Å². The zero-order valence-corrected chi connectivity index (χ0v) is 9.82. The minimum Gasteiger partial charge on any atom is -0.293 e. The van der Waals surface area contributed by atoms with Crippen LogP contribution in [0.2, 0.25) is 0 Å². The molecule has 0 heterocycles. The van der Waals surface area contributed by atoms with Gasteiger partial charge in [0.15, 0.2) is 0 Å². The van der Waals surface area contributed by atoms with Crippen molar-refractivity contribution in [2.75, 3.05) is 6.54 Å². The second-order valence-electron chi connectivity index (χ2n) is 3.91. The van der Waals surface area contributed by atoms with Crippen LogP contribution in [0.15, 0.2) is 29.3 Å². The van der Waals surface area contributed by atoms with Crippen molar-refractivity contribution < 1.29 is 0 Å². The number of nitrogens with zero attached hydrogens (tertiary/aromatic N) is 2. The predicted octanol–water partition coefficient (Wildman–Crippen LogP) is 3.50. The van der Waals surface area contributed by atoms with E-state index in [0.717, 1.165) is 31.4 Å². The van der Waals surface area contributed by atoms with Crippen LogP contribution < -0.4 is 0 Å². The van der Waals surface area contributed by atoms with Gasteiger partial charge in [0.25, 0.3) is 0 Å². The van der Waals surface area contributed by atoms with Crippen LogP contribution in [0.5, 0.6) is 0 Å². The molecule has 0 unspecified atom stereocenters. The molecule has 1 aromatic rings. The molecule has 0 bridgehead atoms. The Morgan fingerprint density at radius 1 is 1.19 bits per heavy atom. The van der Waals surface area contributed by atoms with Crippen LogP contribution in [0.25, 0.3) is 0 Å². The largest absolute Gasteiger partial charge is 0.293 e. The van der Waals surface area contributed by atoms with Crippen molar-refractivity contribution in [3.63, 3.8) is 0 Å². The van der Waals surface area contributed by atoms with Gasteiger partial charge in [-0.1, -0.05) is 36.2 Å². The topological polar surface area (TPSA) is 36.1 Å². The highest BCUT2D eigenvalue weighted by Crippen LogP contribution is 2.01. The lowest BCUT2D eigenvalue weighted by Crippen LogP contribution is -1.85. The number of hydrogen-bond acceptors (Lipinski definition) is 2. The maximum atomic E-state index is 8.36. The number of aliphatic imine (C=N–C) groups is 1. The minimum atomic E-state index is 0.668. The van der Waals surface area contributed by atoms with Gasteiger partial charge in [-0.05, 0) is 25.3 Å². The summed E-state index contributed by atoms with van der Waals surface area (Å²) in [6, 6.07) is 10.5. The molecule has 0 amide bonds. The first kappa shape index (κ1) is 12.4. The first-order chi connectivity index (χ1) is 7.83. The molecule has 0 aliphatic rings. The number of aryl methyl sites for hydroxylation is 1. The smallest absolute Gasteiger partial charge is 0.0621 e. The second kappa shape index (κ2) is 7.64. The number of unbranched alkanes of at least 4 members (excludes halogenated alkanes) is 3. The third kappa shape index (κ3) is 5.31. The van der Waals surface area contributed by atoms with E-state index >= 15 is 0 Å². The van der Waals surface area contributed by atoms with E-state index in [4.69, 9.17) is 5.26 Å². The van der Waals surface area contributed by atoms with Crippen LogP contribution in [0.4, 0.5) is 0 Å². The summed E-state index contributed by atoms with van der Waals surface area (Å²) in [7, 11) is 0. The highest BCUT2D eigenvalue weighted by Gasteiger charge is 1.88. The SMILES string of the molecule is Cc1ccc(C=NCCCCCC#N)cc1. The van der Waals surface area contributed by atoms with Crippen LogP contribution in [0.3, 0.4) is 0 Å². The number of rotatable bonds is 6. The van der Waals surface area contributed by atoms with Gasteiger partial charge in [0.05, 0.1) is 6.07 Å². The van der Waals surface area contributed by atoms with E-state index in [1.54, 1.807) is 0 Å². The Hall–Kier alpha value is -1.62. The summed E-state index contributed by atoms with van der Waals surface area (Å²) in [5.41, 5.74) is 2.43. The molecule has 0 N–H and O–H groups in total. The standard InChI is InChI=1S/C14H18N2/c1-13-6-8-14(9-7-13)12-16-11-5-3-2-4-10-15/h6-9,12H,2-5,11H2,1H3. The molecule has 2 nitrogen and oxygen atoms in total. The van der Waals surface area contributed by atoms with E-state index in [1.807, 2.05) is 6.21 Å². The zero-order valence-electron chi connectivity index (χ0n) is 9.82. The Kier molecular flexibility index (Phi) is 5.95. The molecular weight excluding hydrogens is 196 g/mol. The van der Waals surface area contributed by atoms with Crippen molar-refractivity contribution in [1.29, 1.82) is 5.26 Å². The van der Waals surface area contributed by atoms with Gasteiger partial charge in [-0.2, -0.15) is 5.26 Å². The van der Waals surface area contributed by atoms with Gasteiger partial charge in [0.2, 0.25) is 0 Å². The first-order valence-electron chi connectivity index (χ1n) is 5.76. The normalized spacial score (nSPS) is 10.5. The number of nitriles is 1. The average Bonchev–Trinajstić information content (AvgIpc) is 2.30. The van der Waals surface area contributed by atoms with Gasteiger partial charge in [0.1, 0.15) is 0 Å². The van der Waals surface area contributed by atoms with Crippen molar-refractivity contribution in [3.05, 3.63) is 35.4 Å². The maximum absolute atomic E-state index is 8.36. The highest BCUT2D eigenvalue weighted by molar-refractivity contribution is 5.79. The Bertz CT molecular complexity index is 357. The Balaban J connectivity index is 2.17. The van der Waals surface area contributed by atoms with E-state index in [0.29, 0.717) is 6.42 Å². The number of benzene rings is 1.